The second-order valence-corrected chi connectivity index (χ2v) is 4.48. The van der Waals surface area contributed by atoms with E-state index < -0.39 is 0 Å². The largest absolute Gasteiger partial charge is 0.298 e. The molecule has 0 saturated heterocycles. The third-order valence-electron chi connectivity index (χ3n) is 2.06. The highest BCUT2D eigenvalue weighted by molar-refractivity contribution is 7.09. The fourth-order valence-electron chi connectivity index (χ4n) is 1.34. The highest BCUT2D eigenvalue weighted by Crippen LogP contribution is 2.18. The van der Waals surface area contributed by atoms with E-state index in [0.29, 0.717) is 17.0 Å². The Morgan fingerprint density at radius 3 is 3.00 bits per heavy atom. The normalized spacial score (nSPS) is 10.2. The van der Waals surface area contributed by atoms with Crippen LogP contribution in [-0.2, 0) is 6.42 Å². The third kappa shape index (κ3) is 2.43. The Labute approximate surface area is 96.5 Å². The number of carbonyl (C=O) groups is 1. The number of halogens is 1. The van der Waals surface area contributed by atoms with E-state index in [9.17, 15) is 4.79 Å². The summed E-state index contributed by atoms with van der Waals surface area (Å²) in [6.07, 6.45) is 3.27. The molecule has 76 valence electrons. The van der Waals surface area contributed by atoms with Crippen LogP contribution < -0.4 is 0 Å². The smallest absolute Gasteiger partial charge is 0.150 e. The monoisotopic (exact) mass is 237 g/mol. The molecule has 0 spiro atoms. The van der Waals surface area contributed by atoms with Crippen LogP contribution in [0.1, 0.15) is 20.9 Å². The molecule has 1 aromatic heterocycles. The molecule has 0 aliphatic heterocycles. The summed E-state index contributed by atoms with van der Waals surface area (Å²) in [6, 6.07) is 5.34. The van der Waals surface area contributed by atoms with Gasteiger partial charge < -0.3 is 0 Å². The maximum atomic E-state index is 10.8. The fourth-order valence-corrected chi connectivity index (χ4v) is 2.16. The molecule has 2 rings (SSSR count). The van der Waals surface area contributed by atoms with Crippen LogP contribution in [0.25, 0.3) is 0 Å². The number of thiazole rings is 1. The summed E-state index contributed by atoms with van der Waals surface area (Å²) in [5.41, 5.74) is 1.60. The lowest BCUT2D eigenvalue weighted by Gasteiger charge is -2.02. The number of carbonyl (C=O) groups excluding carboxylic acids is 1. The summed E-state index contributed by atoms with van der Waals surface area (Å²) in [4.78, 5) is 15.0. The van der Waals surface area contributed by atoms with Crippen molar-refractivity contribution in [3.63, 3.8) is 0 Å². The lowest BCUT2D eigenvalue weighted by molar-refractivity contribution is 0.112. The van der Waals surface area contributed by atoms with Gasteiger partial charge in [0.05, 0.1) is 5.01 Å². The molecule has 0 N–H and O–H groups in total. The average molecular weight is 238 g/mol. The summed E-state index contributed by atoms with van der Waals surface area (Å²) in [7, 11) is 0. The van der Waals surface area contributed by atoms with Crippen molar-refractivity contribution in [1.82, 2.24) is 4.98 Å². The molecule has 1 heterocycles. The Balaban J connectivity index is 2.32. The minimum absolute atomic E-state index is 0.583. The van der Waals surface area contributed by atoms with Crippen LogP contribution in [0.3, 0.4) is 0 Å². The van der Waals surface area contributed by atoms with Gasteiger partial charge in [-0.25, -0.2) is 4.98 Å². The maximum absolute atomic E-state index is 10.8. The van der Waals surface area contributed by atoms with Crippen molar-refractivity contribution in [3.8, 4) is 0 Å². The van der Waals surface area contributed by atoms with E-state index in [1.807, 2.05) is 11.4 Å². The molecular formula is C11H8ClNOS. The second kappa shape index (κ2) is 4.55. The molecule has 0 unspecified atom stereocenters. The molecule has 2 aromatic rings. The molecule has 0 saturated carbocycles. The van der Waals surface area contributed by atoms with Crippen molar-refractivity contribution in [2.24, 2.45) is 0 Å². The minimum atomic E-state index is 0.583. The lowest BCUT2D eigenvalue weighted by atomic mass is 10.1. The Hall–Kier alpha value is -1.19. The van der Waals surface area contributed by atoms with E-state index in [0.717, 1.165) is 16.9 Å². The van der Waals surface area contributed by atoms with E-state index in [1.54, 1.807) is 29.7 Å². The van der Waals surface area contributed by atoms with Crippen molar-refractivity contribution in [2.45, 2.75) is 6.42 Å². The highest BCUT2D eigenvalue weighted by Gasteiger charge is 2.05. The zero-order chi connectivity index (χ0) is 10.7. The van der Waals surface area contributed by atoms with Crippen LogP contribution in [0, 0.1) is 0 Å². The fraction of sp³-hybridized carbons (Fsp3) is 0.0909. The molecule has 15 heavy (non-hydrogen) atoms. The van der Waals surface area contributed by atoms with Crippen molar-refractivity contribution in [3.05, 3.63) is 50.9 Å². The van der Waals surface area contributed by atoms with Crippen LogP contribution >= 0.6 is 22.9 Å². The van der Waals surface area contributed by atoms with Gasteiger partial charge in [0.15, 0.2) is 0 Å². The van der Waals surface area contributed by atoms with Gasteiger partial charge >= 0.3 is 0 Å². The van der Waals surface area contributed by atoms with Crippen molar-refractivity contribution < 1.29 is 4.79 Å². The van der Waals surface area contributed by atoms with E-state index in [1.165, 1.54) is 0 Å². The first kappa shape index (κ1) is 10.3. The molecular weight excluding hydrogens is 230 g/mol. The van der Waals surface area contributed by atoms with Gasteiger partial charge in [0.25, 0.3) is 0 Å². The second-order valence-electron chi connectivity index (χ2n) is 3.06. The van der Waals surface area contributed by atoms with E-state index in [2.05, 4.69) is 4.98 Å². The Morgan fingerprint density at radius 1 is 1.47 bits per heavy atom. The number of nitrogens with zero attached hydrogens (tertiary/aromatic N) is 1. The van der Waals surface area contributed by atoms with Crippen LogP contribution in [-0.4, -0.2) is 11.3 Å². The van der Waals surface area contributed by atoms with Gasteiger partial charge in [0.1, 0.15) is 6.29 Å². The molecule has 0 amide bonds. The minimum Gasteiger partial charge on any atom is -0.298 e. The van der Waals surface area contributed by atoms with Crippen LogP contribution in [0.15, 0.2) is 29.8 Å². The number of aldehydes is 1. The highest BCUT2D eigenvalue weighted by atomic mass is 35.5. The third-order valence-corrected chi connectivity index (χ3v) is 3.07. The molecule has 0 atom stereocenters. The summed E-state index contributed by atoms with van der Waals surface area (Å²) >= 11 is 7.39. The van der Waals surface area contributed by atoms with Crippen LogP contribution in [0.2, 0.25) is 5.02 Å². The van der Waals surface area contributed by atoms with E-state index in [4.69, 9.17) is 11.6 Å². The zero-order valence-corrected chi connectivity index (χ0v) is 9.39. The molecule has 4 heteroatoms. The number of hydrogen-bond donors (Lipinski definition) is 0. The molecule has 0 aliphatic carbocycles. The van der Waals surface area contributed by atoms with Crippen molar-refractivity contribution in [1.29, 1.82) is 0 Å². The Kier molecular flexibility index (Phi) is 3.14. The number of hydrogen-bond acceptors (Lipinski definition) is 3. The topological polar surface area (TPSA) is 30.0 Å². The zero-order valence-electron chi connectivity index (χ0n) is 7.81. The maximum Gasteiger partial charge on any atom is 0.150 e. The van der Waals surface area contributed by atoms with E-state index in [-0.39, 0.29) is 0 Å². The van der Waals surface area contributed by atoms with Gasteiger partial charge in [-0.05, 0) is 17.7 Å². The molecule has 1 aromatic carbocycles. The lowest BCUT2D eigenvalue weighted by Crippen LogP contribution is -1.93. The average Bonchev–Trinajstić information content (AvgIpc) is 2.73. The summed E-state index contributed by atoms with van der Waals surface area (Å²) in [6.45, 7) is 0. The van der Waals surface area contributed by atoms with Gasteiger partial charge in [-0.15, -0.1) is 11.3 Å². The summed E-state index contributed by atoms with van der Waals surface area (Å²) in [5.74, 6) is 0. The first-order valence-electron chi connectivity index (χ1n) is 4.41. The van der Waals surface area contributed by atoms with E-state index >= 15 is 0 Å². The number of rotatable bonds is 3. The van der Waals surface area contributed by atoms with Crippen LogP contribution in [0.4, 0.5) is 0 Å². The van der Waals surface area contributed by atoms with Gasteiger partial charge in [-0.1, -0.05) is 17.7 Å². The molecule has 0 radical (unpaired) electrons. The van der Waals surface area contributed by atoms with Gasteiger partial charge in [-0.2, -0.15) is 0 Å². The molecule has 0 aliphatic rings. The van der Waals surface area contributed by atoms with Crippen LogP contribution in [0.5, 0.6) is 0 Å². The van der Waals surface area contributed by atoms with Gasteiger partial charge in [-0.3, -0.25) is 4.79 Å². The molecule has 0 bridgehead atoms. The first-order chi connectivity index (χ1) is 7.29. The standard InChI is InChI=1S/C11H8ClNOS/c12-10-2-1-8(9(5-10)7-14)6-11-13-3-4-15-11/h1-5,7H,6H2. The Bertz CT molecular complexity index is 467. The van der Waals surface area contributed by atoms with Gasteiger partial charge in [0, 0.05) is 28.6 Å². The first-order valence-corrected chi connectivity index (χ1v) is 5.67. The Morgan fingerprint density at radius 2 is 2.33 bits per heavy atom. The predicted octanol–water partition coefficient (Wildman–Crippen LogP) is 3.20. The summed E-state index contributed by atoms with van der Waals surface area (Å²) in [5, 5.41) is 3.51. The SMILES string of the molecule is O=Cc1cc(Cl)ccc1Cc1nccs1. The number of aromatic nitrogens is 1. The van der Waals surface area contributed by atoms with Crippen molar-refractivity contribution >= 4 is 29.2 Å². The van der Waals surface area contributed by atoms with Gasteiger partial charge in [0.2, 0.25) is 0 Å². The molecule has 2 nitrogen and oxygen atoms in total. The quantitative estimate of drug-likeness (QED) is 0.768. The van der Waals surface area contributed by atoms with Crippen molar-refractivity contribution in [2.75, 3.05) is 0 Å². The number of benzene rings is 1. The predicted molar refractivity (Wildman–Crippen MR) is 61.8 cm³/mol. The molecule has 0 fully saturated rings. The summed E-state index contributed by atoms with van der Waals surface area (Å²) < 4.78 is 0.